The van der Waals surface area contributed by atoms with Gasteiger partial charge in [0.15, 0.2) is 0 Å². The van der Waals surface area contributed by atoms with E-state index in [0.717, 1.165) is 11.1 Å². The Hall–Kier alpha value is -1.13. The number of benzene rings is 2. The van der Waals surface area contributed by atoms with Gasteiger partial charge in [-0.25, -0.2) is 0 Å². The summed E-state index contributed by atoms with van der Waals surface area (Å²) in [4.78, 5) is 0. The van der Waals surface area contributed by atoms with E-state index >= 15 is 0 Å². The second kappa shape index (κ2) is 18.4. The van der Waals surface area contributed by atoms with Gasteiger partial charge in [-0.1, -0.05) is 122 Å². The largest absolute Gasteiger partial charge is 0.130 e. The van der Waals surface area contributed by atoms with Crippen molar-refractivity contribution in [1.29, 1.82) is 0 Å². The summed E-state index contributed by atoms with van der Waals surface area (Å²) in [5.74, 6) is 18.9. The molecule has 0 N–H and O–H groups in total. The lowest BCUT2D eigenvalue weighted by Crippen LogP contribution is -2.16. The molecule has 2 aromatic carbocycles. The number of hydrogen-bond donors (Lipinski definition) is 0. The zero-order valence-corrected chi connectivity index (χ0v) is 37.4. The normalized spacial score (nSPS) is 14.4. The van der Waals surface area contributed by atoms with Gasteiger partial charge in [-0.15, -0.1) is 58.1 Å². The average Bonchev–Trinajstić information content (AvgIpc) is 3.67. The molecule has 0 aromatic heterocycles. The lowest BCUT2D eigenvalue weighted by atomic mass is 9.93. The fourth-order valence-corrected chi connectivity index (χ4v) is 15.2. The van der Waals surface area contributed by atoms with Crippen LogP contribution in [0.2, 0.25) is 39.3 Å². The second-order valence-corrected chi connectivity index (χ2v) is 30.8. The summed E-state index contributed by atoms with van der Waals surface area (Å²) in [6, 6.07) is 17.5. The monoisotopic (exact) mass is 806 g/mol. The van der Waals surface area contributed by atoms with E-state index in [1.165, 1.54) is 47.7 Å². The second-order valence-electron chi connectivity index (χ2n) is 12.4. The molecule has 2 heterocycles. The van der Waals surface area contributed by atoms with Gasteiger partial charge < -0.3 is 0 Å². The van der Waals surface area contributed by atoms with Gasteiger partial charge in [0.05, 0.1) is 25.4 Å². The van der Waals surface area contributed by atoms with Gasteiger partial charge in [0.2, 0.25) is 0 Å². The molecule has 0 nitrogen and oxygen atoms in total. The lowest BCUT2D eigenvalue weighted by molar-refractivity contribution is 1.55. The molecule has 10 heteroatoms. The maximum Gasteiger partial charge on any atom is 0.130 e. The Balaban J connectivity index is 1.88. The Morgan fingerprint density at radius 2 is 0.750 bits per heavy atom. The summed E-state index contributed by atoms with van der Waals surface area (Å²) in [5.41, 5.74) is 13.5. The van der Waals surface area contributed by atoms with Crippen LogP contribution < -0.4 is 0 Å². The molecule has 0 aliphatic carbocycles. The van der Waals surface area contributed by atoms with Crippen molar-refractivity contribution in [2.45, 2.75) is 39.3 Å². The Morgan fingerprint density at radius 1 is 0.458 bits per heavy atom. The van der Waals surface area contributed by atoms with E-state index in [0.29, 0.717) is 0 Å². The molecule has 0 bridgehead atoms. The van der Waals surface area contributed by atoms with Crippen molar-refractivity contribution < 1.29 is 0 Å². The first-order valence-electron chi connectivity index (χ1n) is 15.0. The number of allylic oxidation sites excluding steroid dienone is 2. The summed E-state index contributed by atoms with van der Waals surface area (Å²) in [6.07, 6.45) is 8.70. The molecule has 48 heavy (non-hydrogen) atoms. The number of thioether (sulfide) groups is 8. The summed E-state index contributed by atoms with van der Waals surface area (Å²) in [5, 5.41) is 0. The van der Waals surface area contributed by atoms with Crippen LogP contribution in [-0.2, 0) is 0 Å². The van der Waals surface area contributed by atoms with E-state index in [1.54, 1.807) is 0 Å². The van der Waals surface area contributed by atoms with Crippen LogP contribution in [0.3, 0.4) is 0 Å². The highest BCUT2D eigenvalue weighted by Gasteiger charge is 2.31. The minimum Gasteiger partial charge on any atom is -0.121 e. The van der Waals surface area contributed by atoms with Crippen molar-refractivity contribution in [3.8, 4) is 46.6 Å². The Labute approximate surface area is 325 Å². The van der Waals surface area contributed by atoms with Gasteiger partial charge in [-0.2, -0.15) is 0 Å². The molecule has 0 atom stereocenters. The molecule has 2 aromatic rings. The quantitative estimate of drug-likeness (QED) is 0.198. The first-order valence-corrected chi connectivity index (χ1v) is 30.1. The smallest absolute Gasteiger partial charge is 0.121 e. The molecule has 0 saturated heterocycles. The van der Waals surface area contributed by atoms with E-state index in [9.17, 15) is 0 Å². The van der Waals surface area contributed by atoms with Gasteiger partial charge in [-0.05, 0) is 84.1 Å². The van der Waals surface area contributed by atoms with Crippen molar-refractivity contribution >= 4 is 121 Å². The Morgan fingerprint density at radius 3 is 1.00 bits per heavy atom. The minimum atomic E-state index is -1.45. The minimum absolute atomic E-state index is 0.974. The summed E-state index contributed by atoms with van der Waals surface area (Å²) >= 11 is 14.9. The van der Waals surface area contributed by atoms with Gasteiger partial charge in [-0.3, -0.25) is 0 Å². The summed E-state index contributed by atoms with van der Waals surface area (Å²) in [7, 11) is -2.91. The molecule has 0 amide bonds. The molecule has 0 fully saturated rings. The van der Waals surface area contributed by atoms with Crippen LogP contribution in [0, 0.1) is 46.6 Å². The van der Waals surface area contributed by atoms with Gasteiger partial charge in [0.1, 0.15) is 16.1 Å². The Bertz CT molecular complexity index is 1740. The van der Waals surface area contributed by atoms with E-state index in [1.807, 2.05) is 94.1 Å². The highest BCUT2D eigenvalue weighted by atomic mass is 32.3. The molecule has 0 radical (unpaired) electrons. The first-order chi connectivity index (χ1) is 22.9. The average molecular weight is 807 g/mol. The third-order valence-corrected chi connectivity index (χ3v) is 18.4. The van der Waals surface area contributed by atoms with Crippen molar-refractivity contribution in [1.82, 2.24) is 0 Å². The van der Waals surface area contributed by atoms with Crippen molar-refractivity contribution in [2.75, 3.05) is 25.0 Å². The molecule has 0 spiro atoms. The van der Waals surface area contributed by atoms with Crippen LogP contribution in [0.4, 0.5) is 0 Å². The number of rotatable bonds is 7. The van der Waals surface area contributed by atoms with Crippen LogP contribution in [0.5, 0.6) is 0 Å². The van der Waals surface area contributed by atoms with Crippen molar-refractivity contribution in [3.05, 3.63) is 96.2 Å². The van der Waals surface area contributed by atoms with Crippen LogP contribution in [0.1, 0.15) is 22.3 Å². The zero-order valence-electron chi connectivity index (χ0n) is 28.9. The molecule has 0 saturated carbocycles. The number of hydrogen-bond acceptors (Lipinski definition) is 8. The summed E-state index contributed by atoms with van der Waals surface area (Å²) < 4.78 is 8.05. The highest BCUT2D eigenvalue weighted by molar-refractivity contribution is 8.41. The topological polar surface area (TPSA) is 0 Å². The van der Waals surface area contributed by atoms with E-state index in [-0.39, 0.29) is 0 Å². The van der Waals surface area contributed by atoms with Crippen LogP contribution >= 0.6 is 94.1 Å². The van der Waals surface area contributed by atoms with Gasteiger partial charge in [0.25, 0.3) is 0 Å². The molecule has 4 rings (SSSR count). The van der Waals surface area contributed by atoms with Crippen LogP contribution in [0.15, 0.2) is 74.0 Å². The lowest BCUT2D eigenvalue weighted by Gasteiger charge is -2.19. The fraction of sp³-hybridized carbons (Fsp3) is 0.263. The van der Waals surface area contributed by atoms with E-state index in [4.69, 9.17) is 0 Å². The maximum absolute atomic E-state index is 3.35. The van der Waals surface area contributed by atoms with Gasteiger partial charge >= 0.3 is 0 Å². The fourth-order valence-electron chi connectivity index (χ4n) is 4.06. The third-order valence-electron chi connectivity index (χ3n) is 6.24. The molecule has 0 unspecified atom stereocenters. The Kier molecular flexibility index (Phi) is 15.2. The standard InChI is InChI=1S/C38H38S8Si2/c1-39-35-36(40-2)44-33(43-35)31(29-21-17-27(18-22-29)15-11-13-25-47(5,6)7)32(34-45-37(41-3)38(42-4)46-34)30-23-19-28(20-24-30)16-12-14-26-48(8,9)10/h17-24H,1-10H3. The van der Waals surface area contributed by atoms with Crippen LogP contribution in [-0.4, -0.2) is 41.2 Å². The molecular formula is C38H38S8Si2. The first kappa shape index (κ1) is 39.7. The maximum atomic E-state index is 3.35. The molecule has 2 aliphatic rings. The predicted octanol–water partition coefficient (Wildman–Crippen LogP) is 12.9. The van der Waals surface area contributed by atoms with Gasteiger partial charge in [0, 0.05) is 22.3 Å². The van der Waals surface area contributed by atoms with Crippen LogP contribution in [0.25, 0.3) is 11.1 Å². The third kappa shape index (κ3) is 11.4. The van der Waals surface area contributed by atoms with E-state index < -0.39 is 16.1 Å². The summed E-state index contributed by atoms with van der Waals surface area (Å²) in [6.45, 7) is 13.4. The predicted molar refractivity (Wildman–Crippen MR) is 241 cm³/mol. The SMILES string of the molecule is CSC1=C(SC)SC(=C(C(=C2SC(SC)=C(SC)S2)c2ccc(C#CC#C[Si](C)(C)C)cc2)c2ccc(C#CC#C[Si](C)(C)C)cc2)S1. The van der Waals surface area contributed by atoms with Crippen molar-refractivity contribution in [2.24, 2.45) is 0 Å². The zero-order chi connectivity index (χ0) is 34.9. The molecule has 2 aliphatic heterocycles. The molecular weight excluding hydrogens is 769 g/mol. The highest BCUT2D eigenvalue weighted by Crippen LogP contribution is 2.63. The molecule has 246 valence electrons. The van der Waals surface area contributed by atoms with E-state index in [2.05, 4.69) is 159 Å². The van der Waals surface area contributed by atoms with Crippen molar-refractivity contribution in [3.63, 3.8) is 0 Å².